The van der Waals surface area contributed by atoms with E-state index < -0.39 is 0 Å². The summed E-state index contributed by atoms with van der Waals surface area (Å²) in [6, 6.07) is 18.1. The molecule has 31 heavy (non-hydrogen) atoms. The van der Waals surface area contributed by atoms with Crippen LogP contribution in [0, 0.1) is 0 Å². The smallest absolute Gasteiger partial charge is 0.234 e. The second kappa shape index (κ2) is 10.6. The van der Waals surface area contributed by atoms with E-state index in [4.69, 9.17) is 0 Å². The second-order valence-electron chi connectivity index (χ2n) is 7.75. The SMILES string of the molecule is CCc1ccccc1NC(=O)CSc1nnc(CN2CCCCC2)n1-c1ccccc1. The summed E-state index contributed by atoms with van der Waals surface area (Å²) in [5.41, 5.74) is 3.04. The van der Waals surface area contributed by atoms with Gasteiger partial charge in [-0.2, -0.15) is 0 Å². The number of aromatic nitrogens is 3. The fraction of sp³-hybridized carbons (Fsp3) is 0.375. The van der Waals surface area contributed by atoms with Gasteiger partial charge in [0, 0.05) is 11.4 Å². The Labute approximate surface area is 188 Å². The molecule has 1 aliphatic heterocycles. The third kappa shape index (κ3) is 5.54. The third-order valence-corrected chi connectivity index (χ3v) is 6.46. The summed E-state index contributed by atoms with van der Waals surface area (Å²) in [5.74, 6) is 1.17. The highest BCUT2D eigenvalue weighted by atomic mass is 32.2. The van der Waals surface area contributed by atoms with Crippen LogP contribution in [-0.2, 0) is 17.8 Å². The minimum atomic E-state index is -0.0360. The summed E-state index contributed by atoms with van der Waals surface area (Å²) in [7, 11) is 0. The molecule has 2 heterocycles. The van der Waals surface area contributed by atoms with E-state index in [1.54, 1.807) is 0 Å². The Morgan fingerprint density at radius 1 is 1.00 bits per heavy atom. The van der Waals surface area contributed by atoms with E-state index in [1.807, 2.05) is 42.5 Å². The van der Waals surface area contributed by atoms with Crippen LogP contribution in [0.4, 0.5) is 5.69 Å². The molecule has 0 aliphatic carbocycles. The molecule has 3 aromatic rings. The Hall–Kier alpha value is -2.64. The van der Waals surface area contributed by atoms with E-state index in [2.05, 4.69) is 44.0 Å². The van der Waals surface area contributed by atoms with Crippen molar-refractivity contribution >= 4 is 23.4 Å². The molecule has 1 aromatic heterocycles. The first-order valence-corrected chi connectivity index (χ1v) is 12.0. The number of hydrogen-bond acceptors (Lipinski definition) is 5. The highest BCUT2D eigenvalue weighted by molar-refractivity contribution is 7.99. The molecule has 0 radical (unpaired) electrons. The fourth-order valence-corrected chi connectivity index (χ4v) is 4.69. The number of anilines is 1. The van der Waals surface area contributed by atoms with Gasteiger partial charge in [-0.3, -0.25) is 14.3 Å². The molecule has 7 heteroatoms. The fourth-order valence-electron chi connectivity index (χ4n) is 3.92. The lowest BCUT2D eigenvalue weighted by Gasteiger charge is -2.26. The zero-order chi connectivity index (χ0) is 21.5. The van der Waals surface area contributed by atoms with Gasteiger partial charge in [0.25, 0.3) is 0 Å². The van der Waals surface area contributed by atoms with E-state index in [9.17, 15) is 4.79 Å². The molecule has 0 saturated carbocycles. The zero-order valence-corrected chi connectivity index (χ0v) is 18.8. The van der Waals surface area contributed by atoms with Gasteiger partial charge in [0.1, 0.15) is 0 Å². The number of para-hydroxylation sites is 2. The maximum absolute atomic E-state index is 12.6. The number of piperidine rings is 1. The van der Waals surface area contributed by atoms with Crippen molar-refractivity contribution in [2.24, 2.45) is 0 Å². The molecule has 4 rings (SSSR count). The van der Waals surface area contributed by atoms with E-state index in [0.29, 0.717) is 0 Å². The van der Waals surface area contributed by atoms with Crippen molar-refractivity contribution in [3.05, 3.63) is 66.0 Å². The lowest BCUT2D eigenvalue weighted by Crippen LogP contribution is -2.30. The van der Waals surface area contributed by atoms with Gasteiger partial charge in [0.2, 0.25) is 5.91 Å². The molecule has 2 aromatic carbocycles. The van der Waals surface area contributed by atoms with Crippen LogP contribution in [0.2, 0.25) is 0 Å². The summed E-state index contributed by atoms with van der Waals surface area (Å²) in [6.45, 7) is 5.07. The van der Waals surface area contributed by atoms with E-state index in [0.717, 1.165) is 54.0 Å². The summed E-state index contributed by atoms with van der Waals surface area (Å²) in [5, 5.41) is 12.7. The van der Waals surface area contributed by atoms with Crippen molar-refractivity contribution in [1.29, 1.82) is 0 Å². The number of likely N-dealkylation sites (tertiary alicyclic amines) is 1. The average Bonchev–Trinajstić information content (AvgIpc) is 3.21. The molecule has 1 fully saturated rings. The monoisotopic (exact) mass is 435 g/mol. The molecule has 1 N–H and O–H groups in total. The van der Waals surface area contributed by atoms with Crippen molar-refractivity contribution in [1.82, 2.24) is 19.7 Å². The predicted molar refractivity (Wildman–Crippen MR) is 126 cm³/mol. The number of carbonyl (C=O) groups excluding carboxylic acids is 1. The van der Waals surface area contributed by atoms with Crippen molar-refractivity contribution in [2.75, 3.05) is 24.2 Å². The molecular formula is C24H29N5OS. The minimum Gasteiger partial charge on any atom is -0.325 e. The van der Waals surface area contributed by atoms with E-state index in [1.165, 1.54) is 31.0 Å². The van der Waals surface area contributed by atoms with Crippen LogP contribution in [0.1, 0.15) is 37.6 Å². The molecule has 0 spiro atoms. The van der Waals surface area contributed by atoms with Crippen LogP contribution in [0.15, 0.2) is 59.8 Å². The van der Waals surface area contributed by atoms with Crippen molar-refractivity contribution < 1.29 is 4.79 Å². The first-order chi connectivity index (χ1) is 15.2. The third-order valence-electron chi connectivity index (χ3n) is 5.53. The number of benzene rings is 2. The van der Waals surface area contributed by atoms with Gasteiger partial charge in [-0.1, -0.05) is 61.5 Å². The lowest BCUT2D eigenvalue weighted by molar-refractivity contribution is -0.113. The average molecular weight is 436 g/mol. The number of amides is 1. The molecule has 6 nitrogen and oxygen atoms in total. The van der Waals surface area contributed by atoms with E-state index in [-0.39, 0.29) is 11.7 Å². The standard InChI is InChI=1S/C24H29N5OS/c1-2-19-11-7-8-14-21(19)25-23(30)18-31-24-27-26-22(17-28-15-9-4-10-16-28)29(24)20-12-5-3-6-13-20/h3,5-8,11-14H,2,4,9-10,15-18H2,1H3,(H,25,30). The molecule has 1 aliphatic rings. The summed E-state index contributed by atoms with van der Waals surface area (Å²) in [6.07, 6.45) is 4.66. The first-order valence-electron chi connectivity index (χ1n) is 11.0. The molecule has 1 amide bonds. The van der Waals surface area contributed by atoms with Crippen molar-refractivity contribution in [3.63, 3.8) is 0 Å². The van der Waals surface area contributed by atoms with Gasteiger partial charge in [-0.25, -0.2) is 0 Å². The normalized spacial score (nSPS) is 14.5. The van der Waals surface area contributed by atoms with Gasteiger partial charge in [0.15, 0.2) is 11.0 Å². The Balaban J connectivity index is 1.49. The quantitative estimate of drug-likeness (QED) is 0.526. The molecule has 0 bridgehead atoms. The van der Waals surface area contributed by atoms with Gasteiger partial charge in [-0.05, 0) is 56.1 Å². The van der Waals surface area contributed by atoms with Crippen LogP contribution < -0.4 is 5.32 Å². The molecule has 0 unspecified atom stereocenters. The second-order valence-corrected chi connectivity index (χ2v) is 8.70. The number of aryl methyl sites for hydroxylation is 1. The summed E-state index contributed by atoms with van der Waals surface area (Å²) < 4.78 is 2.09. The molecular weight excluding hydrogens is 406 g/mol. The highest BCUT2D eigenvalue weighted by Crippen LogP contribution is 2.24. The maximum Gasteiger partial charge on any atom is 0.234 e. The van der Waals surface area contributed by atoms with Crippen LogP contribution in [-0.4, -0.2) is 44.4 Å². The van der Waals surface area contributed by atoms with Gasteiger partial charge in [0.05, 0.1) is 12.3 Å². The maximum atomic E-state index is 12.6. The number of nitrogens with one attached hydrogen (secondary N) is 1. The molecule has 1 saturated heterocycles. The Bertz CT molecular complexity index is 998. The number of rotatable bonds is 8. The van der Waals surface area contributed by atoms with Crippen molar-refractivity contribution in [2.45, 2.75) is 44.3 Å². The van der Waals surface area contributed by atoms with Gasteiger partial charge >= 0.3 is 0 Å². The summed E-state index contributed by atoms with van der Waals surface area (Å²) >= 11 is 1.42. The Morgan fingerprint density at radius 2 is 1.74 bits per heavy atom. The summed E-state index contributed by atoms with van der Waals surface area (Å²) in [4.78, 5) is 15.1. The van der Waals surface area contributed by atoms with Gasteiger partial charge in [-0.15, -0.1) is 10.2 Å². The van der Waals surface area contributed by atoms with Gasteiger partial charge < -0.3 is 5.32 Å². The van der Waals surface area contributed by atoms with Crippen molar-refractivity contribution in [3.8, 4) is 5.69 Å². The number of nitrogens with zero attached hydrogens (tertiary/aromatic N) is 4. The first kappa shape index (κ1) is 21.6. The molecule has 0 atom stereocenters. The molecule has 162 valence electrons. The number of hydrogen-bond donors (Lipinski definition) is 1. The number of carbonyl (C=O) groups is 1. The van der Waals surface area contributed by atoms with Crippen LogP contribution in [0.5, 0.6) is 0 Å². The number of thioether (sulfide) groups is 1. The van der Waals surface area contributed by atoms with Crippen LogP contribution >= 0.6 is 11.8 Å². The van der Waals surface area contributed by atoms with Crippen LogP contribution in [0.25, 0.3) is 5.69 Å². The topological polar surface area (TPSA) is 63.1 Å². The Kier molecular flexibility index (Phi) is 7.38. The van der Waals surface area contributed by atoms with E-state index >= 15 is 0 Å². The minimum absolute atomic E-state index is 0.0360. The zero-order valence-electron chi connectivity index (χ0n) is 18.0. The lowest BCUT2D eigenvalue weighted by atomic mass is 10.1. The largest absolute Gasteiger partial charge is 0.325 e. The van der Waals surface area contributed by atoms with Crippen LogP contribution in [0.3, 0.4) is 0 Å². The predicted octanol–water partition coefficient (Wildman–Crippen LogP) is 4.55. The highest BCUT2D eigenvalue weighted by Gasteiger charge is 2.19. The Morgan fingerprint density at radius 3 is 2.52 bits per heavy atom.